The monoisotopic (exact) mass is 288 g/mol. The van der Waals surface area contributed by atoms with E-state index >= 15 is 0 Å². The van der Waals surface area contributed by atoms with Gasteiger partial charge in [-0.15, -0.1) is 0 Å². The van der Waals surface area contributed by atoms with Crippen molar-refractivity contribution in [3.05, 3.63) is 59.4 Å². The van der Waals surface area contributed by atoms with E-state index in [1.165, 1.54) is 13.2 Å². The summed E-state index contributed by atoms with van der Waals surface area (Å²) in [4.78, 5) is 11.1. The van der Waals surface area contributed by atoms with Gasteiger partial charge in [-0.25, -0.2) is 9.18 Å². The van der Waals surface area contributed by atoms with Gasteiger partial charge >= 0.3 is 6.09 Å². The van der Waals surface area contributed by atoms with Gasteiger partial charge < -0.3 is 10.1 Å². The van der Waals surface area contributed by atoms with E-state index in [1.54, 1.807) is 25.1 Å². The summed E-state index contributed by atoms with van der Waals surface area (Å²) in [6, 6.07) is 12.4. The molecule has 1 amide bonds. The molecule has 0 unspecified atom stereocenters. The van der Waals surface area contributed by atoms with E-state index in [0.29, 0.717) is 17.8 Å². The van der Waals surface area contributed by atoms with E-state index in [2.05, 4.69) is 15.4 Å². The minimum absolute atomic E-state index is 0.213. The Bertz CT molecular complexity index is 644. The van der Waals surface area contributed by atoms with Gasteiger partial charge in [0.2, 0.25) is 0 Å². The van der Waals surface area contributed by atoms with Crippen molar-refractivity contribution >= 4 is 17.5 Å². The standard InChI is InChI=1S/C16H17FN2O2/c1-11-6-7-12(8-15(11)17)10-18-13-4-3-5-14(9-13)19-16(20)21-2/h3-9,18H,10H2,1-2H3,(H,19,20). The van der Waals surface area contributed by atoms with Crippen molar-refractivity contribution in [2.75, 3.05) is 17.7 Å². The van der Waals surface area contributed by atoms with Gasteiger partial charge in [-0.3, -0.25) is 5.32 Å². The minimum atomic E-state index is -0.521. The molecule has 2 aromatic rings. The fourth-order valence-electron chi connectivity index (χ4n) is 1.83. The van der Waals surface area contributed by atoms with Crippen LogP contribution >= 0.6 is 0 Å². The molecule has 0 aliphatic rings. The number of methoxy groups -OCH3 is 1. The molecule has 0 saturated carbocycles. The van der Waals surface area contributed by atoms with Crippen LogP contribution in [0.25, 0.3) is 0 Å². The van der Waals surface area contributed by atoms with Gasteiger partial charge in [0.25, 0.3) is 0 Å². The summed E-state index contributed by atoms with van der Waals surface area (Å²) >= 11 is 0. The predicted octanol–water partition coefficient (Wildman–Crippen LogP) is 3.92. The lowest BCUT2D eigenvalue weighted by atomic mass is 10.1. The average Bonchev–Trinajstić information content (AvgIpc) is 2.49. The molecule has 4 nitrogen and oxygen atoms in total. The van der Waals surface area contributed by atoms with Crippen LogP contribution < -0.4 is 10.6 Å². The lowest BCUT2D eigenvalue weighted by Gasteiger charge is -2.09. The normalized spacial score (nSPS) is 10.0. The molecule has 0 spiro atoms. The lowest BCUT2D eigenvalue weighted by Crippen LogP contribution is -2.11. The smallest absolute Gasteiger partial charge is 0.411 e. The number of carbonyl (C=O) groups excluding carboxylic acids is 1. The maximum absolute atomic E-state index is 13.5. The highest BCUT2D eigenvalue weighted by Gasteiger charge is 2.02. The number of halogens is 1. The van der Waals surface area contributed by atoms with Crippen LogP contribution in [0.1, 0.15) is 11.1 Å². The molecule has 5 heteroatoms. The first-order valence-corrected chi connectivity index (χ1v) is 6.52. The van der Waals surface area contributed by atoms with Crippen molar-refractivity contribution in [3.8, 4) is 0 Å². The Balaban J connectivity index is 2.01. The average molecular weight is 288 g/mol. The van der Waals surface area contributed by atoms with Crippen LogP contribution in [0, 0.1) is 12.7 Å². The number of anilines is 2. The van der Waals surface area contributed by atoms with E-state index in [1.807, 2.05) is 18.2 Å². The SMILES string of the molecule is COC(=O)Nc1cccc(NCc2ccc(C)c(F)c2)c1. The third-order valence-corrected chi connectivity index (χ3v) is 3.03. The highest BCUT2D eigenvalue weighted by molar-refractivity contribution is 5.85. The number of hydrogen-bond donors (Lipinski definition) is 2. The molecule has 110 valence electrons. The molecule has 0 aromatic heterocycles. The molecular weight excluding hydrogens is 271 g/mol. The van der Waals surface area contributed by atoms with Crippen LogP contribution in [0.4, 0.5) is 20.6 Å². The second kappa shape index (κ2) is 6.74. The Morgan fingerprint density at radius 2 is 1.95 bits per heavy atom. The van der Waals surface area contributed by atoms with E-state index in [9.17, 15) is 9.18 Å². The molecule has 0 saturated heterocycles. The van der Waals surface area contributed by atoms with Crippen molar-refractivity contribution in [1.29, 1.82) is 0 Å². The Kier molecular flexibility index (Phi) is 4.77. The molecule has 0 fully saturated rings. The topological polar surface area (TPSA) is 50.4 Å². The number of carbonyl (C=O) groups is 1. The first-order chi connectivity index (χ1) is 10.1. The summed E-state index contributed by atoms with van der Waals surface area (Å²) < 4.78 is 18.0. The van der Waals surface area contributed by atoms with E-state index < -0.39 is 6.09 Å². The van der Waals surface area contributed by atoms with Gasteiger partial charge in [0, 0.05) is 17.9 Å². The van der Waals surface area contributed by atoms with Crippen LogP contribution in [-0.4, -0.2) is 13.2 Å². The second-order valence-corrected chi connectivity index (χ2v) is 4.63. The van der Waals surface area contributed by atoms with Gasteiger partial charge in [-0.1, -0.05) is 18.2 Å². The van der Waals surface area contributed by atoms with E-state index in [0.717, 1.165) is 11.3 Å². The molecule has 0 heterocycles. The fourth-order valence-corrected chi connectivity index (χ4v) is 1.83. The van der Waals surface area contributed by atoms with E-state index in [-0.39, 0.29) is 5.82 Å². The fraction of sp³-hybridized carbons (Fsp3) is 0.188. The molecule has 2 aromatic carbocycles. The molecule has 2 rings (SSSR count). The van der Waals surface area contributed by atoms with Crippen LogP contribution in [0.3, 0.4) is 0 Å². The first kappa shape index (κ1) is 14.8. The molecule has 21 heavy (non-hydrogen) atoms. The highest BCUT2D eigenvalue weighted by Crippen LogP contribution is 2.17. The van der Waals surface area contributed by atoms with E-state index in [4.69, 9.17) is 0 Å². The highest BCUT2D eigenvalue weighted by atomic mass is 19.1. The van der Waals surface area contributed by atoms with Crippen LogP contribution in [-0.2, 0) is 11.3 Å². The maximum Gasteiger partial charge on any atom is 0.411 e. The lowest BCUT2D eigenvalue weighted by molar-refractivity contribution is 0.187. The van der Waals surface area contributed by atoms with Gasteiger partial charge in [0.15, 0.2) is 0 Å². The zero-order valence-corrected chi connectivity index (χ0v) is 11.9. The number of hydrogen-bond acceptors (Lipinski definition) is 3. The second-order valence-electron chi connectivity index (χ2n) is 4.63. The molecule has 0 aliphatic carbocycles. The van der Waals surface area contributed by atoms with Crippen molar-refractivity contribution in [3.63, 3.8) is 0 Å². The van der Waals surface area contributed by atoms with Crippen molar-refractivity contribution in [1.82, 2.24) is 0 Å². The van der Waals surface area contributed by atoms with Crippen molar-refractivity contribution in [2.24, 2.45) is 0 Å². The number of amides is 1. The van der Waals surface area contributed by atoms with Crippen LogP contribution in [0.5, 0.6) is 0 Å². The molecule has 0 aliphatic heterocycles. The van der Waals surface area contributed by atoms with Gasteiger partial charge in [0.1, 0.15) is 5.82 Å². The zero-order chi connectivity index (χ0) is 15.2. The summed E-state index contributed by atoms with van der Waals surface area (Å²) in [6.07, 6.45) is -0.521. The Morgan fingerprint density at radius 3 is 2.67 bits per heavy atom. The summed E-state index contributed by atoms with van der Waals surface area (Å²) in [6.45, 7) is 2.23. The quantitative estimate of drug-likeness (QED) is 0.896. The van der Waals surface area contributed by atoms with Gasteiger partial charge in [-0.05, 0) is 42.3 Å². The number of benzene rings is 2. The molecule has 0 radical (unpaired) electrons. The summed E-state index contributed by atoms with van der Waals surface area (Å²) in [5.74, 6) is -0.213. The largest absolute Gasteiger partial charge is 0.453 e. The zero-order valence-electron chi connectivity index (χ0n) is 11.9. The van der Waals surface area contributed by atoms with Crippen LogP contribution in [0.2, 0.25) is 0 Å². The van der Waals surface area contributed by atoms with Crippen molar-refractivity contribution < 1.29 is 13.9 Å². The van der Waals surface area contributed by atoms with Gasteiger partial charge in [-0.2, -0.15) is 0 Å². The number of rotatable bonds is 4. The van der Waals surface area contributed by atoms with Crippen molar-refractivity contribution in [2.45, 2.75) is 13.5 Å². The third-order valence-electron chi connectivity index (χ3n) is 3.03. The number of aryl methyl sites for hydroxylation is 1. The number of nitrogens with one attached hydrogen (secondary N) is 2. The molecule has 0 bridgehead atoms. The Labute approximate surface area is 122 Å². The summed E-state index contributed by atoms with van der Waals surface area (Å²) in [5.41, 5.74) is 2.93. The van der Waals surface area contributed by atoms with Gasteiger partial charge in [0.05, 0.1) is 7.11 Å². The molecule has 2 N–H and O–H groups in total. The predicted molar refractivity (Wildman–Crippen MR) is 80.9 cm³/mol. The summed E-state index contributed by atoms with van der Waals surface area (Å²) in [5, 5.41) is 5.77. The first-order valence-electron chi connectivity index (χ1n) is 6.52. The van der Waals surface area contributed by atoms with Crippen LogP contribution in [0.15, 0.2) is 42.5 Å². The Morgan fingerprint density at radius 1 is 1.19 bits per heavy atom. The Hall–Kier alpha value is -2.56. The maximum atomic E-state index is 13.5. The molecular formula is C16H17FN2O2. The third kappa shape index (κ3) is 4.21. The minimum Gasteiger partial charge on any atom is -0.453 e. The number of ether oxygens (including phenoxy) is 1. The summed E-state index contributed by atoms with van der Waals surface area (Å²) in [7, 11) is 1.31. The molecule has 0 atom stereocenters.